The van der Waals surface area contributed by atoms with Gasteiger partial charge in [0, 0.05) is 12.3 Å². The molecule has 1 unspecified atom stereocenters. The zero-order chi connectivity index (χ0) is 8.32. The van der Waals surface area contributed by atoms with E-state index in [1.54, 1.807) is 7.05 Å². The number of nitrogens with one attached hydrogen (secondary N) is 1. The normalized spacial score (nSPS) is 26.8. The Labute approximate surface area is 78.3 Å². The van der Waals surface area contributed by atoms with Crippen molar-refractivity contribution in [3.05, 3.63) is 0 Å². The maximum absolute atomic E-state index is 12.9. The van der Waals surface area contributed by atoms with E-state index < -0.39 is 5.92 Å². The second kappa shape index (κ2) is 4.97. The van der Waals surface area contributed by atoms with Crippen molar-refractivity contribution < 1.29 is 8.78 Å². The summed E-state index contributed by atoms with van der Waals surface area (Å²) in [5.74, 6) is -2.74. The maximum Gasteiger partial charge on any atom is 0.250 e. The Kier molecular flexibility index (Phi) is 5.02. The van der Waals surface area contributed by atoms with Crippen LogP contribution in [0.25, 0.3) is 0 Å². The van der Waals surface area contributed by atoms with Crippen molar-refractivity contribution in [1.29, 1.82) is 0 Å². The van der Waals surface area contributed by atoms with E-state index in [-0.39, 0.29) is 24.7 Å². The first-order valence-electron chi connectivity index (χ1n) is 4.19. The summed E-state index contributed by atoms with van der Waals surface area (Å²) in [6, 6.07) is 0. The van der Waals surface area contributed by atoms with E-state index in [4.69, 9.17) is 0 Å². The smallest absolute Gasteiger partial charge is 0.250 e. The van der Waals surface area contributed by atoms with E-state index in [1.807, 2.05) is 0 Å². The number of hydrogen-bond acceptors (Lipinski definition) is 1. The topological polar surface area (TPSA) is 12.0 Å². The average molecular weight is 200 g/mol. The molecule has 0 aromatic carbocycles. The molecule has 0 heterocycles. The molecule has 1 rings (SSSR count). The minimum Gasteiger partial charge on any atom is -0.320 e. The fraction of sp³-hybridized carbons (Fsp3) is 1.00. The summed E-state index contributed by atoms with van der Waals surface area (Å²) >= 11 is 0. The van der Waals surface area contributed by atoms with E-state index >= 15 is 0 Å². The quantitative estimate of drug-likeness (QED) is 0.737. The van der Waals surface area contributed by atoms with Crippen molar-refractivity contribution >= 4 is 12.4 Å². The van der Waals surface area contributed by atoms with Crippen LogP contribution in [0.4, 0.5) is 8.78 Å². The fourth-order valence-electron chi connectivity index (χ4n) is 1.67. The van der Waals surface area contributed by atoms with E-state index in [1.165, 1.54) is 0 Å². The minimum atomic E-state index is -2.38. The molecule has 0 spiro atoms. The van der Waals surface area contributed by atoms with Crippen LogP contribution < -0.4 is 5.32 Å². The van der Waals surface area contributed by atoms with Gasteiger partial charge in [-0.05, 0) is 32.9 Å². The standard InChI is InChI=1S/C8H15F2N.ClH/c1-11-6-4-7-3-2-5-8(7,9)10;/h7,11H,2-6H2,1H3;1H. The Morgan fingerprint density at radius 3 is 2.58 bits per heavy atom. The van der Waals surface area contributed by atoms with E-state index in [2.05, 4.69) is 5.32 Å². The van der Waals surface area contributed by atoms with Crippen molar-refractivity contribution in [1.82, 2.24) is 5.32 Å². The molecular weight excluding hydrogens is 184 g/mol. The summed E-state index contributed by atoms with van der Waals surface area (Å²) in [4.78, 5) is 0. The number of alkyl halides is 2. The van der Waals surface area contributed by atoms with Gasteiger partial charge in [0.15, 0.2) is 0 Å². The molecule has 1 aliphatic carbocycles. The highest BCUT2D eigenvalue weighted by molar-refractivity contribution is 5.85. The Balaban J connectivity index is 0.00000121. The van der Waals surface area contributed by atoms with Crippen molar-refractivity contribution in [3.8, 4) is 0 Å². The molecule has 1 saturated carbocycles. The summed E-state index contributed by atoms with van der Waals surface area (Å²) in [7, 11) is 1.80. The van der Waals surface area contributed by atoms with Crippen LogP contribution in [0.2, 0.25) is 0 Å². The highest BCUT2D eigenvalue weighted by Gasteiger charge is 2.42. The van der Waals surface area contributed by atoms with Crippen LogP contribution in [0.3, 0.4) is 0 Å². The third kappa shape index (κ3) is 2.87. The van der Waals surface area contributed by atoms with Gasteiger partial charge in [-0.25, -0.2) is 8.78 Å². The molecule has 0 aromatic heterocycles. The lowest BCUT2D eigenvalue weighted by Gasteiger charge is -2.18. The highest BCUT2D eigenvalue weighted by Crippen LogP contribution is 2.41. The van der Waals surface area contributed by atoms with E-state index in [0.717, 1.165) is 0 Å². The van der Waals surface area contributed by atoms with Gasteiger partial charge in [-0.2, -0.15) is 0 Å². The van der Waals surface area contributed by atoms with Crippen LogP contribution in [0.1, 0.15) is 25.7 Å². The molecule has 1 nitrogen and oxygen atoms in total. The van der Waals surface area contributed by atoms with Crippen LogP contribution in [-0.4, -0.2) is 19.5 Å². The molecule has 1 fully saturated rings. The highest BCUT2D eigenvalue weighted by atomic mass is 35.5. The molecule has 1 aliphatic rings. The van der Waals surface area contributed by atoms with E-state index in [9.17, 15) is 8.78 Å². The number of halogens is 3. The zero-order valence-corrected chi connectivity index (χ0v) is 8.09. The van der Waals surface area contributed by atoms with Gasteiger partial charge in [-0.3, -0.25) is 0 Å². The Morgan fingerprint density at radius 2 is 2.17 bits per heavy atom. The van der Waals surface area contributed by atoms with Crippen molar-refractivity contribution in [2.75, 3.05) is 13.6 Å². The fourth-order valence-corrected chi connectivity index (χ4v) is 1.67. The molecule has 74 valence electrons. The summed E-state index contributed by atoms with van der Waals surface area (Å²) in [5.41, 5.74) is 0. The molecule has 1 atom stereocenters. The molecule has 12 heavy (non-hydrogen) atoms. The van der Waals surface area contributed by atoms with Crippen LogP contribution >= 0.6 is 12.4 Å². The molecule has 1 N–H and O–H groups in total. The molecular formula is C8H16ClF2N. The van der Waals surface area contributed by atoms with Crippen LogP contribution in [0.15, 0.2) is 0 Å². The van der Waals surface area contributed by atoms with Gasteiger partial charge < -0.3 is 5.32 Å². The van der Waals surface area contributed by atoms with Gasteiger partial charge in [-0.1, -0.05) is 0 Å². The lowest BCUT2D eigenvalue weighted by molar-refractivity contribution is -0.0389. The monoisotopic (exact) mass is 199 g/mol. The summed E-state index contributed by atoms with van der Waals surface area (Å²) in [5, 5.41) is 2.90. The maximum atomic E-state index is 12.9. The summed E-state index contributed by atoms with van der Waals surface area (Å²) < 4.78 is 25.8. The van der Waals surface area contributed by atoms with Crippen LogP contribution in [0, 0.1) is 5.92 Å². The van der Waals surface area contributed by atoms with E-state index in [0.29, 0.717) is 25.8 Å². The first kappa shape index (κ1) is 12.1. The molecule has 0 aromatic rings. The SMILES string of the molecule is CNCCC1CCCC1(F)F.Cl. The third-order valence-corrected chi connectivity index (χ3v) is 2.40. The molecule has 0 amide bonds. The average Bonchev–Trinajstić information content (AvgIpc) is 2.25. The van der Waals surface area contributed by atoms with Gasteiger partial charge in [0.2, 0.25) is 0 Å². The third-order valence-electron chi connectivity index (χ3n) is 2.40. The van der Waals surface area contributed by atoms with Crippen LogP contribution in [0.5, 0.6) is 0 Å². The Hall–Kier alpha value is 0.110. The molecule has 0 aliphatic heterocycles. The van der Waals surface area contributed by atoms with Gasteiger partial charge in [0.1, 0.15) is 0 Å². The zero-order valence-electron chi connectivity index (χ0n) is 7.28. The van der Waals surface area contributed by atoms with Crippen molar-refractivity contribution in [3.63, 3.8) is 0 Å². The first-order chi connectivity index (χ1) is 5.17. The van der Waals surface area contributed by atoms with Crippen LogP contribution in [-0.2, 0) is 0 Å². The Morgan fingerprint density at radius 1 is 1.50 bits per heavy atom. The van der Waals surface area contributed by atoms with Gasteiger partial charge >= 0.3 is 0 Å². The second-order valence-electron chi connectivity index (χ2n) is 3.24. The van der Waals surface area contributed by atoms with Gasteiger partial charge in [0.05, 0.1) is 0 Å². The largest absolute Gasteiger partial charge is 0.320 e. The number of rotatable bonds is 3. The summed E-state index contributed by atoms with van der Waals surface area (Å²) in [6.45, 7) is 0.709. The minimum absolute atomic E-state index is 0. The van der Waals surface area contributed by atoms with Crippen molar-refractivity contribution in [2.45, 2.75) is 31.6 Å². The van der Waals surface area contributed by atoms with Gasteiger partial charge in [0.25, 0.3) is 5.92 Å². The predicted molar refractivity (Wildman–Crippen MR) is 48.1 cm³/mol. The number of hydrogen-bond donors (Lipinski definition) is 1. The van der Waals surface area contributed by atoms with Gasteiger partial charge in [-0.15, -0.1) is 12.4 Å². The molecule has 4 heteroatoms. The second-order valence-corrected chi connectivity index (χ2v) is 3.24. The Bertz CT molecular complexity index is 130. The molecule has 0 radical (unpaired) electrons. The lowest BCUT2D eigenvalue weighted by Crippen LogP contribution is -2.25. The van der Waals surface area contributed by atoms with Crippen molar-refractivity contribution in [2.24, 2.45) is 5.92 Å². The lowest BCUT2D eigenvalue weighted by atomic mass is 10.0. The predicted octanol–water partition coefficient (Wildman–Crippen LogP) is 2.45. The molecule has 0 bridgehead atoms. The first-order valence-corrected chi connectivity index (χ1v) is 4.19. The molecule has 0 saturated heterocycles. The summed E-state index contributed by atoms with van der Waals surface area (Å²) in [6.07, 6.45) is 2.11.